The maximum Gasteiger partial charge on any atom is 0.320 e. The Balaban J connectivity index is 2.30. The number of aromatic nitrogens is 2. The second-order valence-corrected chi connectivity index (χ2v) is 4.97. The number of amides is 2. The molecular weight excluding hydrogens is 375 g/mol. The summed E-state index contributed by atoms with van der Waals surface area (Å²) in [5.74, 6) is -0.641. The first-order chi connectivity index (χ1) is 11.0. The van der Waals surface area contributed by atoms with Crippen molar-refractivity contribution in [2.24, 2.45) is 4.99 Å². The van der Waals surface area contributed by atoms with Gasteiger partial charge in [0.1, 0.15) is 5.82 Å². The van der Waals surface area contributed by atoms with Crippen LogP contribution in [-0.2, 0) is 0 Å². The molecule has 122 valence electrons. The van der Waals surface area contributed by atoms with Crippen molar-refractivity contribution in [3.05, 3.63) is 34.2 Å². The molecule has 0 fully saturated rings. The molecule has 1 aromatic heterocycles. The van der Waals surface area contributed by atoms with E-state index < -0.39 is 11.8 Å². The van der Waals surface area contributed by atoms with Crippen LogP contribution in [0, 0.1) is 5.82 Å². The summed E-state index contributed by atoms with van der Waals surface area (Å²) in [5.41, 5.74) is 2.13. The van der Waals surface area contributed by atoms with Crippen molar-refractivity contribution in [3.63, 3.8) is 0 Å². The van der Waals surface area contributed by atoms with Gasteiger partial charge in [0, 0.05) is 6.54 Å². The van der Waals surface area contributed by atoms with Gasteiger partial charge in [-0.1, -0.05) is 0 Å². The minimum Gasteiger partial charge on any atom is -0.338 e. The van der Waals surface area contributed by atoms with Gasteiger partial charge < -0.3 is 5.32 Å². The molecule has 23 heavy (non-hydrogen) atoms. The highest BCUT2D eigenvalue weighted by molar-refractivity contribution is 9.10. The van der Waals surface area contributed by atoms with Crippen LogP contribution in [0.3, 0.4) is 0 Å². The molecule has 0 saturated carbocycles. The third-order valence-electron chi connectivity index (χ3n) is 2.53. The number of hydrogen-bond acceptors (Lipinski definition) is 6. The molecule has 0 aliphatic heterocycles. The molecule has 1 heterocycles. The lowest BCUT2D eigenvalue weighted by molar-refractivity contribution is 0.234. The fourth-order valence-electron chi connectivity index (χ4n) is 1.55. The topological polar surface area (TPSA) is 125 Å². The number of aliphatic imine (C=N–C) groups is 1. The van der Waals surface area contributed by atoms with Crippen LogP contribution in [-0.4, -0.2) is 33.9 Å². The Bertz CT molecular complexity index is 735. The summed E-state index contributed by atoms with van der Waals surface area (Å²) in [6, 6.07) is 3.47. The van der Waals surface area contributed by atoms with Crippen molar-refractivity contribution in [1.82, 2.24) is 21.1 Å². The second kappa shape index (κ2) is 7.65. The first-order valence-corrected chi connectivity index (χ1v) is 7.16. The van der Waals surface area contributed by atoms with Crippen LogP contribution in [0.15, 0.2) is 32.3 Å². The van der Waals surface area contributed by atoms with Gasteiger partial charge in [-0.2, -0.15) is 0 Å². The highest BCUT2D eigenvalue weighted by Gasteiger charge is 2.18. The van der Waals surface area contributed by atoms with Crippen LogP contribution in [0.4, 0.5) is 20.7 Å². The highest BCUT2D eigenvalue weighted by atomic mass is 79.9. The lowest BCUT2D eigenvalue weighted by Gasteiger charge is -2.05. The molecule has 2 amide bonds. The Morgan fingerprint density at radius 2 is 2.26 bits per heavy atom. The molecule has 0 saturated heterocycles. The predicted molar refractivity (Wildman–Crippen MR) is 82.2 cm³/mol. The Hall–Kier alpha value is -2.53. The lowest BCUT2D eigenvalue weighted by Crippen LogP contribution is -2.30. The second-order valence-electron chi connectivity index (χ2n) is 4.12. The van der Waals surface area contributed by atoms with Crippen LogP contribution in [0.1, 0.15) is 12.6 Å². The average molecular weight is 387 g/mol. The van der Waals surface area contributed by atoms with E-state index in [9.17, 15) is 14.4 Å². The summed E-state index contributed by atoms with van der Waals surface area (Å²) in [4.78, 5) is 15.6. The van der Waals surface area contributed by atoms with Crippen molar-refractivity contribution in [3.8, 4) is 0 Å². The number of amidine groups is 1. The minimum atomic E-state index is -0.522. The number of rotatable bonds is 4. The van der Waals surface area contributed by atoms with Gasteiger partial charge in [-0.05, 0) is 51.4 Å². The largest absolute Gasteiger partial charge is 0.338 e. The standard InChI is InChI=1S/C12H12BrFN6O3/c1-2-15-12(21)17-11-9(19-23-20-11)10(18-22)16-6-3-4-8(14)7(13)5-6/h3-5,22H,2H2,1H3,(H,16,18)(H2,15,17,20,21). The molecule has 0 radical (unpaired) electrons. The van der Waals surface area contributed by atoms with Gasteiger partial charge in [0.2, 0.25) is 5.82 Å². The van der Waals surface area contributed by atoms with Gasteiger partial charge in [-0.25, -0.2) is 18.8 Å². The van der Waals surface area contributed by atoms with Gasteiger partial charge in [0.05, 0.1) is 10.2 Å². The molecule has 0 atom stereocenters. The quantitative estimate of drug-likeness (QED) is 0.362. The van der Waals surface area contributed by atoms with E-state index in [4.69, 9.17) is 0 Å². The zero-order chi connectivity index (χ0) is 16.8. The van der Waals surface area contributed by atoms with Crippen molar-refractivity contribution in [1.29, 1.82) is 0 Å². The number of halogens is 2. The number of urea groups is 1. The first kappa shape index (κ1) is 16.8. The zero-order valence-electron chi connectivity index (χ0n) is 11.8. The van der Waals surface area contributed by atoms with Crippen LogP contribution < -0.4 is 16.1 Å². The van der Waals surface area contributed by atoms with Crippen LogP contribution >= 0.6 is 15.9 Å². The normalized spacial score (nSPS) is 11.2. The number of carbonyl (C=O) groups is 1. The average Bonchev–Trinajstić information content (AvgIpc) is 2.96. The molecule has 0 aliphatic rings. The summed E-state index contributed by atoms with van der Waals surface area (Å²) < 4.78 is 18.0. The summed E-state index contributed by atoms with van der Waals surface area (Å²) in [6.07, 6.45) is 0. The Kier molecular flexibility index (Phi) is 5.60. The van der Waals surface area contributed by atoms with E-state index in [0.29, 0.717) is 12.2 Å². The van der Waals surface area contributed by atoms with E-state index in [2.05, 4.69) is 46.5 Å². The molecule has 11 heteroatoms. The number of nitrogens with zero attached hydrogens (tertiary/aromatic N) is 3. The molecule has 2 rings (SSSR count). The number of nitrogens with one attached hydrogen (secondary N) is 3. The number of benzene rings is 1. The van der Waals surface area contributed by atoms with E-state index in [1.165, 1.54) is 18.2 Å². The van der Waals surface area contributed by atoms with Crippen molar-refractivity contribution >= 4 is 39.3 Å². The van der Waals surface area contributed by atoms with E-state index in [-0.39, 0.29) is 21.8 Å². The molecule has 1 aromatic carbocycles. The maximum atomic E-state index is 13.2. The van der Waals surface area contributed by atoms with Crippen LogP contribution in [0.5, 0.6) is 0 Å². The van der Waals surface area contributed by atoms with Gasteiger partial charge in [-0.15, -0.1) is 0 Å². The van der Waals surface area contributed by atoms with Crippen LogP contribution in [0.2, 0.25) is 0 Å². The fourth-order valence-corrected chi connectivity index (χ4v) is 1.92. The maximum absolute atomic E-state index is 13.2. The number of carbonyl (C=O) groups excluding carboxylic acids is 1. The Morgan fingerprint density at radius 3 is 2.91 bits per heavy atom. The number of hydroxylamine groups is 1. The first-order valence-electron chi connectivity index (χ1n) is 6.36. The third-order valence-corrected chi connectivity index (χ3v) is 3.14. The summed E-state index contributed by atoms with van der Waals surface area (Å²) in [6.45, 7) is 2.16. The minimum absolute atomic E-state index is 0.0285. The highest BCUT2D eigenvalue weighted by Crippen LogP contribution is 2.23. The van der Waals surface area contributed by atoms with Crippen molar-refractivity contribution in [2.75, 3.05) is 11.9 Å². The Labute approximate surface area is 138 Å². The molecule has 9 nitrogen and oxygen atoms in total. The summed E-state index contributed by atoms with van der Waals surface area (Å²) in [7, 11) is 0. The molecule has 0 aliphatic carbocycles. The molecule has 0 unspecified atom stereocenters. The lowest BCUT2D eigenvalue weighted by atomic mass is 10.3. The van der Waals surface area contributed by atoms with E-state index in [1.807, 2.05) is 5.48 Å². The van der Waals surface area contributed by atoms with Gasteiger partial charge >= 0.3 is 6.03 Å². The zero-order valence-corrected chi connectivity index (χ0v) is 13.4. The van der Waals surface area contributed by atoms with Gasteiger partial charge in [0.25, 0.3) is 0 Å². The summed E-state index contributed by atoms with van der Waals surface area (Å²) in [5, 5.41) is 21.2. The smallest absolute Gasteiger partial charge is 0.320 e. The third kappa shape index (κ3) is 4.23. The monoisotopic (exact) mass is 386 g/mol. The van der Waals surface area contributed by atoms with E-state index >= 15 is 0 Å². The predicted octanol–water partition coefficient (Wildman–Crippen LogP) is 2.17. The van der Waals surface area contributed by atoms with Crippen molar-refractivity contribution < 1.29 is 19.0 Å². The molecule has 4 N–H and O–H groups in total. The number of hydrogen-bond donors (Lipinski definition) is 4. The van der Waals surface area contributed by atoms with E-state index in [0.717, 1.165) is 0 Å². The fraction of sp³-hybridized carbons (Fsp3) is 0.167. The van der Waals surface area contributed by atoms with Crippen LogP contribution in [0.25, 0.3) is 0 Å². The molecule has 0 spiro atoms. The van der Waals surface area contributed by atoms with Gasteiger partial charge in [-0.3, -0.25) is 16.0 Å². The SMILES string of the molecule is CCNC(=O)Nc1nonc1C(=Nc1ccc(F)c(Br)c1)NO. The summed E-state index contributed by atoms with van der Waals surface area (Å²) >= 11 is 3.03. The number of anilines is 1. The molecule has 0 bridgehead atoms. The molecule has 2 aromatic rings. The van der Waals surface area contributed by atoms with Gasteiger partial charge in [0.15, 0.2) is 11.5 Å². The van der Waals surface area contributed by atoms with Crippen molar-refractivity contribution in [2.45, 2.75) is 6.92 Å². The van der Waals surface area contributed by atoms with E-state index in [1.54, 1.807) is 6.92 Å². The Morgan fingerprint density at radius 1 is 1.48 bits per heavy atom. The molecular formula is C12H12BrFN6O3.